The summed E-state index contributed by atoms with van der Waals surface area (Å²) in [7, 11) is 2.08. The SMILES string of the molecule is CCc1ccc(NC(N)=NCc2ccccc2CN(C)Cc2ccco2)cc1. The molecule has 0 unspecified atom stereocenters. The zero-order chi connectivity index (χ0) is 19.8. The molecular formula is C23H28N4O. The molecule has 5 nitrogen and oxygen atoms in total. The summed E-state index contributed by atoms with van der Waals surface area (Å²) in [5.74, 6) is 1.38. The summed E-state index contributed by atoms with van der Waals surface area (Å²) in [6.45, 7) is 4.26. The van der Waals surface area contributed by atoms with Crippen molar-refractivity contribution in [3.63, 3.8) is 0 Å². The molecule has 0 aliphatic heterocycles. The Kier molecular flexibility index (Phi) is 6.87. The molecule has 0 bridgehead atoms. The molecule has 28 heavy (non-hydrogen) atoms. The summed E-state index contributed by atoms with van der Waals surface area (Å²) in [4.78, 5) is 6.74. The van der Waals surface area contributed by atoms with Crippen LogP contribution in [0, 0.1) is 0 Å². The van der Waals surface area contributed by atoms with Crippen LogP contribution in [-0.2, 0) is 26.1 Å². The fraction of sp³-hybridized carbons (Fsp3) is 0.261. The van der Waals surface area contributed by atoms with Crippen molar-refractivity contribution in [1.29, 1.82) is 0 Å². The van der Waals surface area contributed by atoms with E-state index in [1.807, 2.05) is 30.3 Å². The Balaban J connectivity index is 1.60. The maximum absolute atomic E-state index is 6.08. The molecule has 0 atom stereocenters. The Morgan fingerprint density at radius 2 is 1.75 bits per heavy atom. The molecule has 0 spiro atoms. The highest BCUT2D eigenvalue weighted by atomic mass is 16.3. The van der Waals surface area contributed by atoms with Crippen LogP contribution in [0.25, 0.3) is 0 Å². The molecule has 3 aromatic rings. The van der Waals surface area contributed by atoms with Crippen LogP contribution in [0.1, 0.15) is 29.4 Å². The Hall–Kier alpha value is -3.05. The van der Waals surface area contributed by atoms with Gasteiger partial charge in [-0.1, -0.05) is 43.3 Å². The van der Waals surface area contributed by atoms with Crippen molar-refractivity contribution >= 4 is 11.6 Å². The van der Waals surface area contributed by atoms with Crippen molar-refractivity contribution < 1.29 is 4.42 Å². The van der Waals surface area contributed by atoms with Gasteiger partial charge in [0.15, 0.2) is 5.96 Å². The van der Waals surface area contributed by atoms with E-state index in [2.05, 4.69) is 59.5 Å². The van der Waals surface area contributed by atoms with Crippen LogP contribution >= 0.6 is 0 Å². The molecule has 5 heteroatoms. The van der Waals surface area contributed by atoms with Gasteiger partial charge >= 0.3 is 0 Å². The van der Waals surface area contributed by atoms with Crippen molar-refractivity contribution in [1.82, 2.24) is 4.90 Å². The number of hydrogen-bond acceptors (Lipinski definition) is 3. The highest BCUT2D eigenvalue weighted by Crippen LogP contribution is 2.15. The molecule has 3 N–H and O–H groups in total. The smallest absolute Gasteiger partial charge is 0.193 e. The van der Waals surface area contributed by atoms with Crippen LogP contribution in [0.3, 0.4) is 0 Å². The highest BCUT2D eigenvalue weighted by molar-refractivity contribution is 5.92. The average molecular weight is 377 g/mol. The van der Waals surface area contributed by atoms with Gasteiger partial charge in [0.05, 0.1) is 19.4 Å². The molecule has 2 aromatic carbocycles. The Morgan fingerprint density at radius 3 is 2.43 bits per heavy atom. The van der Waals surface area contributed by atoms with E-state index in [9.17, 15) is 0 Å². The largest absolute Gasteiger partial charge is 0.468 e. The molecular weight excluding hydrogens is 348 g/mol. The van der Waals surface area contributed by atoms with Gasteiger partial charge in [-0.05, 0) is 54.4 Å². The number of anilines is 1. The number of nitrogens with zero attached hydrogens (tertiary/aromatic N) is 2. The first kappa shape index (κ1) is 19.7. The zero-order valence-corrected chi connectivity index (χ0v) is 16.6. The lowest BCUT2D eigenvalue weighted by atomic mass is 10.1. The van der Waals surface area contributed by atoms with Crippen molar-refractivity contribution in [2.75, 3.05) is 12.4 Å². The molecule has 0 saturated heterocycles. The van der Waals surface area contributed by atoms with Gasteiger partial charge in [-0.3, -0.25) is 4.90 Å². The molecule has 0 fully saturated rings. The van der Waals surface area contributed by atoms with Gasteiger partial charge in [0.1, 0.15) is 5.76 Å². The molecule has 0 saturated carbocycles. The maximum atomic E-state index is 6.08. The summed E-state index contributed by atoms with van der Waals surface area (Å²) in [5, 5.41) is 3.16. The highest BCUT2D eigenvalue weighted by Gasteiger charge is 2.07. The van der Waals surface area contributed by atoms with E-state index in [1.54, 1.807) is 6.26 Å². The third kappa shape index (κ3) is 5.72. The van der Waals surface area contributed by atoms with E-state index in [0.717, 1.165) is 31.0 Å². The number of nitrogens with two attached hydrogens (primary N) is 1. The Morgan fingerprint density at radius 1 is 1.00 bits per heavy atom. The number of guanidine groups is 1. The van der Waals surface area contributed by atoms with Gasteiger partial charge in [0.2, 0.25) is 0 Å². The standard InChI is InChI=1S/C23H28N4O/c1-3-18-10-12-21(13-11-18)26-23(24)25-15-19-7-4-5-8-20(19)16-27(2)17-22-9-6-14-28-22/h4-14H,3,15-17H2,1-2H3,(H3,24,25,26). The monoisotopic (exact) mass is 376 g/mol. The van der Waals surface area contributed by atoms with Crippen molar-refractivity contribution in [3.05, 3.63) is 89.4 Å². The number of hydrogen-bond donors (Lipinski definition) is 2. The van der Waals surface area contributed by atoms with E-state index in [-0.39, 0.29) is 0 Å². The van der Waals surface area contributed by atoms with Gasteiger partial charge in [-0.25, -0.2) is 4.99 Å². The van der Waals surface area contributed by atoms with E-state index in [4.69, 9.17) is 10.2 Å². The van der Waals surface area contributed by atoms with E-state index in [0.29, 0.717) is 12.5 Å². The Bertz CT molecular complexity index is 885. The first-order chi connectivity index (χ1) is 13.6. The number of rotatable bonds is 8. The third-order valence-electron chi connectivity index (χ3n) is 4.62. The first-order valence-corrected chi connectivity index (χ1v) is 9.57. The maximum Gasteiger partial charge on any atom is 0.193 e. The summed E-state index contributed by atoms with van der Waals surface area (Å²) in [6.07, 6.45) is 2.73. The zero-order valence-electron chi connectivity index (χ0n) is 16.6. The second kappa shape index (κ2) is 9.76. The Labute approximate surface area is 166 Å². The summed E-state index contributed by atoms with van der Waals surface area (Å²) >= 11 is 0. The normalized spacial score (nSPS) is 11.8. The fourth-order valence-electron chi connectivity index (χ4n) is 3.06. The minimum atomic E-state index is 0.419. The van der Waals surface area contributed by atoms with Crippen molar-refractivity contribution in [3.8, 4) is 0 Å². The number of aryl methyl sites for hydroxylation is 1. The lowest BCUT2D eigenvalue weighted by Gasteiger charge is -2.17. The molecule has 0 amide bonds. The molecule has 1 aromatic heterocycles. The van der Waals surface area contributed by atoms with Crippen LogP contribution < -0.4 is 11.1 Å². The second-order valence-corrected chi connectivity index (χ2v) is 6.90. The van der Waals surface area contributed by atoms with E-state index in [1.165, 1.54) is 16.7 Å². The van der Waals surface area contributed by atoms with Crippen LogP contribution in [0.5, 0.6) is 0 Å². The predicted molar refractivity (Wildman–Crippen MR) is 115 cm³/mol. The summed E-state index contributed by atoms with van der Waals surface area (Å²) in [6, 6.07) is 20.5. The molecule has 3 rings (SSSR count). The van der Waals surface area contributed by atoms with Gasteiger partial charge in [-0.15, -0.1) is 0 Å². The quantitative estimate of drug-likeness (QED) is 0.452. The lowest BCUT2D eigenvalue weighted by molar-refractivity contribution is 0.287. The van der Waals surface area contributed by atoms with Crippen LogP contribution in [0.4, 0.5) is 5.69 Å². The van der Waals surface area contributed by atoms with Gasteiger partial charge in [-0.2, -0.15) is 0 Å². The van der Waals surface area contributed by atoms with E-state index < -0.39 is 0 Å². The first-order valence-electron chi connectivity index (χ1n) is 9.57. The number of nitrogens with one attached hydrogen (secondary N) is 1. The summed E-state index contributed by atoms with van der Waals surface area (Å²) < 4.78 is 5.43. The number of furan rings is 1. The molecule has 0 aliphatic carbocycles. The van der Waals surface area contributed by atoms with Crippen LogP contribution in [0.2, 0.25) is 0 Å². The predicted octanol–water partition coefficient (Wildman–Crippen LogP) is 4.40. The molecule has 0 radical (unpaired) electrons. The molecule has 146 valence electrons. The molecule has 1 heterocycles. The lowest BCUT2D eigenvalue weighted by Crippen LogP contribution is -2.23. The van der Waals surface area contributed by atoms with Crippen LogP contribution in [0.15, 0.2) is 76.3 Å². The van der Waals surface area contributed by atoms with Gasteiger partial charge < -0.3 is 15.5 Å². The van der Waals surface area contributed by atoms with Crippen LogP contribution in [-0.4, -0.2) is 17.9 Å². The van der Waals surface area contributed by atoms with Gasteiger partial charge in [0, 0.05) is 12.2 Å². The average Bonchev–Trinajstić information content (AvgIpc) is 3.21. The second-order valence-electron chi connectivity index (χ2n) is 6.90. The fourth-order valence-corrected chi connectivity index (χ4v) is 3.06. The number of aliphatic imine (C=N–C) groups is 1. The third-order valence-corrected chi connectivity index (χ3v) is 4.62. The molecule has 0 aliphatic rings. The summed E-state index contributed by atoms with van der Waals surface area (Å²) in [5.41, 5.74) is 10.7. The van der Waals surface area contributed by atoms with Crippen molar-refractivity contribution in [2.45, 2.75) is 33.0 Å². The van der Waals surface area contributed by atoms with E-state index >= 15 is 0 Å². The topological polar surface area (TPSA) is 66.8 Å². The van der Waals surface area contributed by atoms with Gasteiger partial charge in [0.25, 0.3) is 0 Å². The minimum absolute atomic E-state index is 0.419. The minimum Gasteiger partial charge on any atom is -0.468 e. The van der Waals surface area contributed by atoms with Crippen molar-refractivity contribution in [2.24, 2.45) is 10.7 Å². The number of benzene rings is 2.